The van der Waals surface area contributed by atoms with Gasteiger partial charge in [0.25, 0.3) is 0 Å². The topological polar surface area (TPSA) is 32.3 Å². The van der Waals surface area contributed by atoms with E-state index < -0.39 is 17.7 Å². The Morgan fingerprint density at radius 3 is 2.64 bits per heavy atom. The average molecular weight is 266 g/mol. The van der Waals surface area contributed by atoms with Crippen LogP contribution < -0.4 is 5.32 Å². The lowest BCUT2D eigenvalue weighted by atomic mass is 10.1. The molecule has 1 aromatic carbocycles. The Labute approximate surface area is 89.1 Å². The first kappa shape index (κ1) is 11.6. The molecule has 14 heavy (non-hydrogen) atoms. The largest absolute Gasteiger partial charge is 0.387 e. The van der Waals surface area contributed by atoms with Gasteiger partial charge >= 0.3 is 0 Å². The molecule has 0 amide bonds. The number of rotatable bonds is 3. The van der Waals surface area contributed by atoms with Crippen molar-refractivity contribution in [3.8, 4) is 0 Å². The van der Waals surface area contributed by atoms with Gasteiger partial charge in [0, 0.05) is 6.54 Å². The number of aliphatic hydroxyl groups excluding tert-OH is 1. The number of hydrogen-bond acceptors (Lipinski definition) is 2. The zero-order valence-electron chi connectivity index (χ0n) is 7.52. The lowest BCUT2D eigenvalue weighted by Crippen LogP contribution is -2.17. The Morgan fingerprint density at radius 2 is 2.14 bits per heavy atom. The van der Waals surface area contributed by atoms with Crippen molar-refractivity contribution in [3.63, 3.8) is 0 Å². The highest BCUT2D eigenvalue weighted by molar-refractivity contribution is 9.10. The molecule has 1 rings (SSSR count). The van der Waals surface area contributed by atoms with E-state index in [1.54, 1.807) is 7.05 Å². The minimum Gasteiger partial charge on any atom is -0.387 e. The Balaban J connectivity index is 3.00. The monoisotopic (exact) mass is 265 g/mol. The number of benzene rings is 1. The van der Waals surface area contributed by atoms with Crippen LogP contribution >= 0.6 is 15.9 Å². The maximum absolute atomic E-state index is 12.9. The summed E-state index contributed by atoms with van der Waals surface area (Å²) in [4.78, 5) is 0. The first-order valence-electron chi connectivity index (χ1n) is 4.03. The second-order valence-corrected chi connectivity index (χ2v) is 3.73. The summed E-state index contributed by atoms with van der Waals surface area (Å²) in [7, 11) is 1.66. The Bertz CT molecular complexity index is 310. The van der Waals surface area contributed by atoms with Crippen LogP contribution in [-0.4, -0.2) is 18.7 Å². The molecule has 0 heterocycles. The molecule has 78 valence electrons. The van der Waals surface area contributed by atoms with Gasteiger partial charge in [0.2, 0.25) is 0 Å². The number of nitrogens with one attached hydrogen (secondary N) is 1. The predicted molar refractivity (Wildman–Crippen MR) is 52.9 cm³/mol. The van der Waals surface area contributed by atoms with E-state index in [4.69, 9.17) is 0 Å². The maximum atomic E-state index is 12.9. The normalized spacial score (nSPS) is 12.9. The summed E-state index contributed by atoms with van der Waals surface area (Å²) in [6.45, 7) is 0.289. The third kappa shape index (κ3) is 2.50. The number of halogens is 3. The molecule has 0 saturated carbocycles. The minimum atomic E-state index is -0.968. The molecule has 0 aliphatic heterocycles. The van der Waals surface area contributed by atoms with E-state index in [1.807, 2.05) is 0 Å². The number of aliphatic hydroxyl groups is 1. The fourth-order valence-electron chi connectivity index (χ4n) is 1.08. The fourth-order valence-corrected chi connectivity index (χ4v) is 1.53. The van der Waals surface area contributed by atoms with Crippen LogP contribution in [0.3, 0.4) is 0 Å². The van der Waals surface area contributed by atoms with Crippen LogP contribution in [0.15, 0.2) is 16.6 Å². The van der Waals surface area contributed by atoms with Gasteiger partial charge in [-0.1, -0.05) is 0 Å². The van der Waals surface area contributed by atoms with Crippen molar-refractivity contribution in [3.05, 3.63) is 33.8 Å². The van der Waals surface area contributed by atoms with Gasteiger partial charge in [-0.05, 0) is 40.7 Å². The molecule has 0 aromatic heterocycles. The fraction of sp³-hybridized carbons (Fsp3) is 0.333. The minimum absolute atomic E-state index is 0.0163. The van der Waals surface area contributed by atoms with Gasteiger partial charge in [-0.2, -0.15) is 0 Å². The molecule has 0 spiro atoms. The molecule has 0 aliphatic rings. The van der Waals surface area contributed by atoms with Crippen LogP contribution in [0.5, 0.6) is 0 Å². The first-order valence-corrected chi connectivity index (χ1v) is 4.82. The van der Waals surface area contributed by atoms with Crippen LogP contribution in [0.25, 0.3) is 0 Å². The molecule has 2 nitrogen and oxygen atoms in total. The summed E-state index contributed by atoms with van der Waals surface area (Å²) >= 11 is 2.87. The Kier molecular flexibility index (Phi) is 3.97. The summed E-state index contributed by atoms with van der Waals surface area (Å²) in [5.41, 5.74) is 0.338. The maximum Gasteiger partial charge on any atom is 0.172 e. The van der Waals surface area contributed by atoms with Crippen molar-refractivity contribution in [2.75, 3.05) is 13.6 Å². The Hall–Kier alpha value is -0.520. The molecular formula is C9H10BrF2NO. The molecule has 0 aliphatic carbocycles. The van der Waals surface area contributed by atoms with Crippen LogP contribution in [0.2, 0.25) is 0 Å². The molecule has 1 aromatic rings. The molecule has 5 heteroatoms. The number of likely N-dealkylation sites (N-methyl/N-ethyl adjacent to an activating group) is 1. The number of hydrogen-bond donors (Lipinski definition) is 2. The highest BCUT2D eigenvalue weighted by atomic mass is 79.9. The van der Waals surface area contributed by atoms with Crippen LogP contribution in [0.4, 0.5) is 8.78 Å². The van der Waals surface area contributed by atoms with Crippen molar-refractivity contribution in [2.24, 2.45) is 0 Å². The second-order valence-electron chi connectivity index (χ2n) is 2.87. The van der Waals surface area contributed by atoms with E-state index in [9.17, 15) is 13.9 Å². The van der Waals surface area contributed by atoms with Gasteiger partial charge in [-0.15, -0.1) is 0 Å². The predicted octanol–water partition coefficient (Wildman–Crippen LogP) is 1.98. The van der Waals surface area contributed by atoms with Crippen molar-refractivity contribution >= 4 is 15.9 Å². The Morgan fingerprint density at radius 1 is 1.50 bits per heavy atom. The molecule has 0 bridgehead atoms. The van der Waals surface area contributed by atoms with Gasteiger partial charge in [0.05, 0.1) is 10.6 Å². The van der Waals surface area contributed by atoms with Crippen LogP contribution in [0.1, 0.15) is 11.7 Å². The van der Waals surface area contributed by atoms with E-state index in [2.05, 4.69) is 21.2 Å². The van der Waals surface area contributed by atoms with E-state index in [0.717, 1.165) is 6.07 Å². The quantitative estimate of drug-likeness (QED) is 0.820. The van der Waals surface area contributed by atoms with Gasteiger partial charge in [0.1, 0.15) is 0 Å². The highest BCUT2D eigenvalue weighted by Gasteiger charge is 2.13. The van der Waals surface area contributed by atoms with E-state index >= 15 is 0 Å². The molecule has 1 unspecified atom stereocenters. The van der Waals surface area contributed by atoms with Crippen molar-refractivity contribution in [1.82, 2.24) is 5.32 Å². The standard InChI is InChI=1S/C9H10BrF2NO/c1-13-4-8(14)5-2-6(10)9(12)7(11)3-5/h2-3,8,13-14H,4H2,1H3. The van der Waals surface area contributed by atoms with E-state index in [1.165, 1.54) is 6.07 Å². The third-order valence-corrected chi connectivity index (χ3v) is 2.37. The third-order valence-electron chi connectivity index (χ3n) is 1.79. The lowest BCUT2D eigenvalue weighted by Gasteiger charge is -2.11. The van der Waals surface area contributed by atoms with Crippen molar-refractivity contribution < 1.29 is 13.9 Å². The van der Waals surface area contributed by atoms with Gasteiger partial charge in [-0.25, -0.2) is 8.78 Å². The highest BCUT2D eigenvalue weighted by Crippen LogP contribution is 2.23. The lowest BCUT2D eigenvalue weighted by molar-refractivity contribution is 0.177. The molecule has 0 radical (unpaired) electrons. The van der Waals surface area contributed by atoms with Gasteiger partial charge < -0.3 is 10.4 Å². The average Bonchev–Trinajstić information content (AvgIpc) is 2.13. The van der Waals surface area contributed by atoms with E-state index in [-0.39, 0.29) is 11.0 Å². The van der Waals surface area contributed by atoms with Gasteiger partial charge in [-0.3, -0.25) is 0 Å². The molecule has 2 N–H and O–H groups in total. The summed E-state index contributed by atoms with van der Waals surface area (Å²) in [6, 6.07) is 2.35. The second kappa shape index (κ2) is 4.82. The molecular weight excluding hydrogens is 256 g/mol. The summed E-state index contributed by atoms with van der Waals surface area (Å²) in [6.07, 6.45) is -0.841. The van der Waals surface area contributed by atoms with Gasteiger partial charge in [0.15, 0.2) is 11.6 Å². The zero-order chi connectivity index (χ0) is 10.7. The van der Waals surface area contributed by atoms with E-state index in [0.29, 0.717) is 5.56 Å². The molecule has 0 fully saturated rings. The smallest absolute Gasteiger partial charge is 0.172 e. The van der Waals surface area contributed by atoms with Crippen LogP contribution in [-0.2, 0) is 0 Å². The molecule has 1 atom stereocenters. The van der Waals surface area contributed by atoms with Crippen molar-refractivity contribution in [1.29, 1.82) is 0 Å². The summed E-state index contributed by atoms with van der Waals surface area (Å²) in [5, 5.41) is 12.2. The summed E-state index contributed by atoms with van der Waals surface area (Å²) in [5.74, 6) is -1.91. The SMILES string of the molecule is CNCC(O)c1cc(F)c(F)c(Br)c1. The molecule has 0 saturated heterocycles. The zero-order valence-corrected chi connectivity index (χ0v) is 9.11. The summed E-state index contributed by atoms with van der Waals surface area (Å²) < 4.78 is 25.8. The van der Waals surface area contributed by atoms with Crippen molar-refractivity contribution in [2.45, 2.75) is 6.10 Å². The first-order chi connectivity index (χ1) is 6.56. The van der Waals surface area contributed by atoms with Crippen LogP contribution in [0, 0.1) is 11.6 Å².